The average Bonchev–Trinajstić information content (AvgIpc) is 2.60. The molecule has 2 rings (SSSR count). The number of para-hydroxylation sites is 2. The van der Waals surface area contributed by atoms with Gasteiger partial charge in [0.05, 0.1) is 0 Å². The molecular weight excluding hydrogens is 195 g/mol. The molecule has 4 heteroatoms. The van der Waals surface area contributed by atoms with Crippen molar-refractivity contribution in [1.82, 2.24) is 0 Å². The predicted octanol–water partition coefficient (Wildman–Crippen LogP) is 2.75. The van der Waals surface area contributed by atoms with E-state index in [0.29, 0.717) is 0 Å². The lowest BCUT2D eigenvalue weighted by atomic mass is 9.92. The third-order valence-electron chi connectivity index (χ3n) is 1.83. The monoisotopic (exact) mass is 206 g/mol. The van der Waals surface area contributed by atoms with Crippen LogP contribution in [0.25, 0.3) is 0 Å². The fraction of sp³-hybridized carbons (Fsp3) is 0.200. The third kappa shape index (κ3) is 2.07. The van der Waals surface area contributed by atoms with Gasteiger partial charge in [0.2, 0.25) is 0 Å². The van der Waals surface area contributed by atoms with E-state index in [9.17, 15) is 0 Å². The van der Waals surface area contributed by atoms with Crippen molar-refractivity contribution in [3.05, 3.63) is 35.6 Å². The Bertz CT molecular complexity index is 316. The first-order valence-corrected chi connectivity index (χ1v) is 5.65. The van der Waals surface area contributed by atoms with E-state index in [2.05, 4.69) is 6.92 Å². The molecule has 1 aromatic rings. The Balaban J connectivity index is 1.98. The topological polar surface area (TPSA) is 18.5 Å². The summed E-state index contributed by atoms with van der Waals surface area (Å²) in [7, 11) is -0.258. The van der Waals surface area contributed by atoms with Gasteiger partial charge >= 0.3 is 7.12 Å². The zero-order chi connectivity index (χ0) is 9.80. The van der Waals surface area contributed by atoms with E-state index in [4.69, 9.17) is 9.31 Å². The second kappa shape index (κ2) is 4.46. The molecule has 1 aromatic carbocycles. The van der Waals surface area contributed by atoms with Crippen LogP contribution < -0.4 is 9.31 Å². The van der Waals surface area contributed by atoms with Crippen molar-refractivity contribution in [2.75, 3.05) is 5.75 Å². The summed E-state index contributed by atoms with van der Waals surface area (Å²) >= 11 is 1.73. The fourth-order valence-electron chi connectivity index (χ4n) is 1.21. The molecule has 1 aliphatic rings. The van der Waals surface area contributed by atoms with Crippen molar-refractivity contribution < 1.29 is 9.31 Å². The minimum Gasteiger partial charge on any atom is -0.520 e. The smallest absolute Gasteiger partial charge is 0.520 e. The summed E-state index contributed by atoms with van der Waals surface area (Å²) in [6, 6.07) is 7.70. The molecule has 0 aliphatic carbocycles. The van der Waals surface area contributed by atoms with Gasteiger partial charge < -0.3 is 9.31 Å². The lowest BCUT2D eigenvalue weighted by Crippen LogP contribution is -2.21. The van der Waals surface area contributed by atoms with Crippen LogP contribution in [0.5, 0.6) is 11.5 Å². The van der Waals surface area contributed by atoms with Crippen LogP contribution in [0.4, 0.5) is 0 Å². The molecule has 0 N–H and O–H groups in total. The van der Waals surface area contributed by atoms with Gasteiger partial charge in [-0.05, 0) is 29.3 Å². The SMILES string of the molecule is CCS/C=C/B1Oc2ccccc2O1. The first kappa shape index (κ1) is 9.53. The molecule has 14 heavy (non-hydrogen) atoms. The van der Waals surface area contributed by atoms with Gasteiger partial charge in [-0.2, -0.15) is 0 Å². The molecule has 0 fully saturated rings. The molecule has 0 saturated carbocycles. The number of thioether (sulfide) groups is 1. The fourth-order valence-corrected chi connectivity index (χ4v) is 1.65. The Kier molecular flexibility index (Phi) is 3.04. The Morgan fingerprint density at radius 3 is 2.50 bits per heavy atom. The van der Waals surface area contributed by atoms with Crippen LogP contribution in [-0.2, 0) is 0 Å². The molecule has 72 valence electrons. The third-order valence-corrected chi connectivity index (χ3v) is 2.52. The first-order valence-electron chi connectivity index (χ1n) is 4.61. The Morgan fingerprint density at radius 1 is 1.29 bits per heavy atom. The van der Waals surface area contributed by atoms with Crippen LogP contribution in [0, 0.1) is 0 Å². The summed E-state index contributed by atoms with van der Waals surface area (Å²) in [5, 5.41) is 2.01. The van der Waals surface area contributed by atoms with Crippen molar-refractivity contribution >= 4 is 18.9 Å². The largest absolute Gasteiger partial charge is 0.625 e. The van der Waals surface area contributed by atoms with Gasteiger partial charge in [0.1, 0.15) is 11.5 Å². The van der Waals surface area contributed by atoms with E-state index < -0.39 is 0 Å². The van der Waals surface area contributed by atoms with Crippen LogP contribution in [0.1, 0.15) is 6.92 Å². The molecule has 0 atom stereocenters. The average molecular weight is 206 g/mol. The highest BCUT2D eigenvalue weighted by atomic mass is 32.2. The second-order valence-electron chi connectivity index (χ2n) is 2.83. The maximum atomic E-state index is 5.53. The highest BCUT2D eigenvalue weighted by Gasteiger charge is 2.28. The lowest BCUT2D eigenvalue weighted by Gasteiger charge is -1.96. The van der Waals surface area contributed by atoms with Gasteiger partial charge in [-0.25, -0.2) is 0 Å². The van der Waals surface area contributed by atoms with E-state index in [1.165, 1.54) is 0 Å². The molecule has 0 bridgehead atoms. The molecule has 0 aromatic heterocycles. The molecule has 2 nitrogen and oxygen atoms in total. The number of rotatable bonds is 3. The van der Waals surface area contributed by atoms with Crippen molar-refractivity contribution in [1.29, 1.82) is 0 Å². The zero-order valence-electron chi connectivity index (χ0n) is 7.97. The number of hydrogen-bond donors (Lipinski definition) is 0. The molecule has 0 unspecified atom stereocenters. The van der Waals surface area contributed by atoms with Crippen molar-refractivity contribution in [3.63, 3.8) is 0 Å². The van der Waals surface area contributed by atoms with Gasteiger partial charge in [-0.1, -0.05) is 19.1 Å². The molecule has 0 amide bonds. The summed E-state index contributed by atoms with van der Waals surface area (Å²) in [6.07, 6.45) is 0. The van der Waals surface area contributed by atoms with Crippen molar-refractivity contribution in [2.45, 2.75) is 6.92 Å². The van der Waals surface area contributed by atoms with Gasteiger partial charge in [-0.15, -0.1) is 11.8 Å². The molecule has 0 saturated heterocycles. The number of benzene rings is 1. The number of hydrogen-bond acceptors (Lipinski definition) is 3. The Labute approximate surface area is 88.4 Å². The number of fused-ring (bicyclic) bond motifs is 1. The molecule has 1 heterocycles. The highest BCUT2D eigenvalue weighted by Crippen LogP contribution is 2.32. The summed E-state index contributed by atoms with van der Waals surface area (Å²) in [5.41, 5.74) is 0. The lowest BCUT2D eigenvalue weighted by molar-refractivity contribution is 0.517. The molecule has 0 radical (unpaired) electrons. The minimum atomic E-state index is -0.258. The standard InChI is InChI=1S/C10H11BO2S/c1-2-14-8-7-11-12-9-5-3-4-6-10(9)13-11/h3-8H,2H2,1H3/b8-7+. The molecule has 1 aliphatic heterocycles. The highest BCUT2D eigenvalue weighted by molar-refractivity contribution is 8.02. The van der Waals surface area contributed by atoms with E-state index >= 15 is 0 Å². The van der Waals surface area contributed by atoms with Crippen LogP contribution in [0.15, 0.2) is 35.6 Å². The molecule has 0 spiro atoms. The predicted molar refractivity (Wildman–Crippen MR) is 60.7 cm³/mol. The maximum absolute atomic E-state index is 5.53. The summed E-state index contributed by atoms with van der Waals surface area (Å²) in [4.78, 5) is 0. The van der Waals surface area contributed by atoms with Crippen molar-refractivity contribution in [3.8, 4) is 11.5 Å². The van der Waals surface area contributed by atoms with Crippen LogP contribution in [0.2, 0.25) is 0 Å². The van der Waals surface area contributed by atoms with Gasteiger partial charge in [-0.3, -0.25) is 0 Å². The Morgan fingerprint density at radius 2 is 1.93 bits per heavy atom. The quantitative estimate of drug-likeness (QED) is 0.708. The van der Waals surface area contributed by atoms with Gasteiger partial charge in [0.15, 0.2) is 0 Å². The maximum Gasteiger partial charge on any atom is 0.625 e. The van der Waals surface area contributed by atoms with E-state index in [1.807, 2.05) is 35.6 Å². The van der Waals surface area contributed by atoms with Crippen LogP contribution in [0.3, 0.4) is 0 Å². The van der Waals surface area contributed by atoms with Crippen molar-refractivity contribution in [2.24, 2.45) is 0 Å². The van der Waals surface area contributed by atoms with Crippen LogP contribution in [-0.4, -0.2) is 12.9 Å². The van der Waals surface area contributed by atoms with E-state index in [-0.39, 0.29) is 7.12 Å². The minimum absolute atomic E-state index is 0.258. The summed E-state index contributed by atoms with van der Waals surface area (Å²) in [5.74, 6) is 4.64. The van der Waals surface area contributed by atoms with Gasteiger partial charge in [0, 0.05) is 0 Å². The normalized spacial score (nSPS) is 13.9. The van der Waals surface area contributed by atoms with Crippen LogP contribution >= 0.6 is 11.8 Å². The first-order chi connectivity index (χ1) is 6.90. The second-order valence-corrected chi connectivity index (χ2v) is 4.02. The Hall–Kier alpha value is -1.03. The van der Waals surface area contributed by atoms with E-state index in [0.717, 1.165) is 17.3 Å². The summed E-state index contributed by atoms with van der Waals surface area (Å²) in [6.45, 7) is 2.11. The van der Waals surface area contributed by atoms with E-state index in [1.54, 1.807) is 11.8 Å². The summed E-state index contributed by atoms with van der Waals surface area (Å²) < 4.78 is 11.1. The van der Waals surface area contributed by atoms with Gasteiger partial charge in [0.25, 0.3) is 0 Å². The molecular formula is C10H11BO2S. The zero-order valence-corrected chi connectivity index (χ0v) is 8.79.